The van der Waals surface area contributed by atoms with Gasteiger partial charge in [-0.15, -0.1) is 21.5 Å². The molecule has 0 bridgehead atoms. The molecular weight excluding hydrogens is 326 g/mol. The summed E-state index contributed by atoms with van der Waals surface area (Å²) in [7, 11) is 0. The van der Waals surface area contributed by atoms with Gasteiger partial charge in [-0.25, -0.2) is 4.98 Å². The van der Waals surface area contributed by atoms with Crippen LogP contribution in [0.1, 0.15) is 33.4 Å². The van der Waals surface area contributed by atoms with Gasteiger partial charge in [-0.05, 0) is 32.4 Å². The number of furan rings is 1. The van der Waals surface area contributed by atoms with E-state index in [-0.39, 0.29) is 11.9 Å². The smallest absolute Gasteiger partial charge is 0.271 e. The van der Waals surface area contributed by atoms with Crippen LogP contribution in [0.4, 0.5) is 0 Å². The zero-order valence-electron chi connectivity index (χ0n) is 13.4. The maximum atomic E-state index is 12.6. The highest BCUT2D eigenvalue weighted by Gasteiger charge is 2.25. The Hall–Kier alpha value is -2.48. The van der Waals surface area contributed by atoms with Gasteiger partial charge in [0.25, 0.3) is 5.91 Å². The van der Waals surface area contributed by atoms with Crippen LogP contribution < -0.4 is 5.32 Å². The van der Waals surface area contributed by atoms with Crippen molar-refractivity contribution in [3.63, 3.8) is 0 Å². The van der Waals surface area contributed by atoms with Crippen molar-refractivity contribution in [3.8, 4) is 10.8 Å². The van der Waals surface area contributed by atoms with Gasteiger partial charge in [0.15, 0.2) is 10.8 Å². The van der Waals surface area contributed by atoms with E-state index in [4.69, 9.17) is 4.42 Å². The minimum absolute atomic E-state index is 0.0628. The number of carbonyl (C=O) groups is 1. The van der Waals surface area contributed by atoms with Crippen molar-refractivity contribution in [1.29, 1.82) is 0 Å². The van der Waals surface area contributed by atoms with Gasteiger partial charge < -0.3 is 14.3 Å². The number of amides is 1. The standard InChI is InChI=1S/C16H17N5O2S/c1-9-14(18-16(24-9)12-4-3-7-23-12)15(22)17-11-5-6-13-20-19-10(2)21(13)8-11/h3-4,7,11H,5-6,8H2,1-2H3,(H,17,22)/t11-/m1/s1. The molecule has 1 aliphatic rings. The fourth-order valence-electron chi connectivity index (χ4n) is 2.95. The van der Waals surface area contributed by atoms with Crippen LogP contribution >= 0.6 is 11.3 Å². The summed E-state index contributed by atoms with van der Waals surface area (Å²) in [5.41, 5.74) is 0.470. The van der Waals surface area contributed by atoms with E-state index in [1.807, 2.05) is 26.0 Å². The molecule has 1 aliphatic heterocycles. The van der Waals surface area contributed by atoms with Crippen LogP contribution in [0.25, 0.3) is 10.8 Å². The van der Waals surface area contributed by atoms with Crippen LogP contribution in [0.3, 0.4) is 0 Å². The van der Waals surface area contributed by atoms with E-state index in [9.17, 15) is 4.79 Å². The number of aryl methyl sites for hydroxylation is 3. The molecule has 124 valence electrons. The van der Waals surface area contributed by atoms with E-state index >= 15 is 0 Å². The zero-order valence-corrected chi connectivity index (χ0v) is 14.3. The van der Waals surface area contributed by atoms with Crippen LogP contribution in [-0.4, -0.2) is 31.7 Å². The first-order valence-corrected chi connectivity index (χ1v) is 8.64. The molecular formula is C16H17N5O2S. The van der Waals surface area contributed by atoms with Gasteiger partial charge in [-0.1, -0.05) is 0 Å². The Bertz CT molecular complexity index is 881. The van der Waals surface area contributed by atoms with Gasteiger partial charge in [0, 0.05) is 23.9 Å². The van der Waals surface area contributed by atoms with Gasteiger partial charge in [-0.2, -0.15) is 0 Å². The van der Waals surface area contributed by atoms with Gasteiger partial charge >= 0.3 is 0 Å². The van der Waals surface area contributed by atoms with Gasteiger partial charge in [0.2, 0.25) is 0 Å². The highest BCUT2D eigenvalue weighted by molar-refractivity contribution is 7.15. The average Bonchev–Trinajstić information content (AvgIpc) is 3.28. The number of thiazole rings is 1. The topological polar surface area (TPSA) is 85.8 Å². The molecule has 24 heavy (non-hydrogen) atoms. The molecule has 0 fully saturated rings. The Labute approximate surface area is 142 Å². The van der Waals surface area contributed by atoms with Crippen molar-refractivity contribution >= 4 is 17.2 Å². The summed E-state index contributed by atoms with van der Waals surface area (Å²) in [6, 6.07) is 3.72. The van der Waals surface area contributed by atoms with Crippen molar-refractivity contribution in [2.45, 2.75) is 39.3 Å². The van der Waals surface area contributed by atoms with Gasteiger partial charge in [0.1, 0.15) is 17.3 Å². The first kappa shape index (κ1) is 15.1. The van der Waals surface area contributed by atoms with Crippen LogP contribution in [0.15, 0.2) is 22.8 Å². The number of nitrogens with one attached hydrogen (secondary N) is 1. The molecule has 7 nitrogen and oxygen atoms in total. The number of fused-ring (bicyclic) bond motifs is 1. The fraction of sp³-hybridized carbons (Fsp3) is 0.375. The summed E-state index contributed by atoms with van der Waals surface area (Å²) in [5.74, 6) is 2.42. The van der Waals surface area contributed by atoms with Crippen molar-refractivity contribution in [1.82, 2.24) is 25.1 Å². The number of carbonyl (C=O) groups excluding carboxylic acids is 1. The van der Waals surface area contributed by atoms with Crippen LogP contribution in [0.5, 0.6) is 0 Å². The fourth-order valence-corrected chi connectivity index (χ4v) is 3.83. The van der Waals surface area contributed by atoms with E-state index in [1.54, 1.807) is 6.26 Å². The second-order valence-electron chi connectivity index (χ2n) is 5.88. The van der Waals surface area contributed by atoms with E-state index in [1.165, 1.54) is 11.3 Å². The first-order chi connectivity index (χ1) is 11.6. The number of aromatic nitrogens is 4. The minimum atomic E-state index is -0.138. The SMILES string of the molecule is Cc1sc(-c2ccco2)nc1C(=O)N[C@@H]1CCc2nnc(C)n2C1. The molecule has 0 aliphatic carbocycles. The maximum absolute atomic E-state index is 12.6. The Morgan fingerprint density at radius 3 is 3.08 bits per heavy atom. The number of nitrogens with zero attached hydrogens (tertiary/aromatic N) is 4. The Kier molecular flexibility index (Phi) is 3.68. The van der Waals surface area contributed by atoms with E-state index in [2.05, 4.69) is 25.1 Å². The summed E-state index contributed by atoms with van der Waals surface area (Å²) in [6.07, 6.45) is 3.28. The van der Waals surface area contributed by atoms with Crippen molar-refractivity contribution < 1.29 is 9.21 Å². The third kappa shape index (κ3) is 2.62. The highest BCUT2D eigenvalue weighted by atomic mass is 32.1. The van der Waals surface area contributed by atoms with E-state index < -0.39 is 0 Å². The molecule has 0 saturated heterocycles. The molecule has 0 spiro atoms. The van der Waals surface area contributed by atoms with E-state index in [0.29, 0.717) is 18.0 Å². The monoisotopic (exact) mass is 343 g/mol. The molecule has 1 amide bonds. The first-order valence-electron chi connectivity index (χ1n) is 7.82. The zero-order chi connectivity index (χ0) is 16.7. The Morgan fingerprint density at radius 1 is 1.42 bits per heavy atom. The highest BCUT2D eigenvalue weighted by Crippen LogP contribution is 2.28. The minimum Gasteiger partial charge on any atom is -0.462 e. The lowest BCUT2D eigenvalue weighted by Gasteiger charge is -2.24. The van der Waals surface area contributed by atoms with Crippen LogP contribution in [0.2, 0.25) is 0 Å². The Balaban J connectivity index is 1.50. The number of hydrogen-bond donors (Lipinski definition) is 1. The predicted octanol–water partition coefficient (Wildman–Crippen LogP) is 2.36. The summed E-state index contributed by atoms with van der Waals surface area (Å²) in [5, 5.41) is 12.1. The molecule has 8 heteroatoms. The predicted molar refractivity (Wildman–Crippen MR) is 88.9 cm³/mol. The quantitative estimate of drug-likeness (QED) is 0.789. The van der Waals surface area contributed by atoms with Crippen molar-refractivity contribution in [2.75, 3.05) is 0 Å². The molecule has 3 aromatic rings. The van der Waals surface area contributed by atoms with E-state index in [0.717, 1.165) is 34.4 Å². The van der Waals surface area contributed by atoms with Crippen LogP contribution in [0, 0.1) is 13.8 Å². The van der Waals surface area contributed by atoms with Crippen LogP contribution in [-0.2, 0) is 13.0 Å². The molecule has 0 saturated carbocycles. The number of hydrogen-bond acceptors (Lipinski definition) is 6. The second kappa shape index (κ2) is 5.86. The summed E-state index contributed by atoms with van der Waals surface area (Å²) in [6.45, 7) is 4.54. The lowest BCUT2D eigenvalue weighted by atomic mass is 10.1. The lowest BCUT2D eigenvalue weighted by molar-refractivity contribution is 0.0922. The molecule has 1 atom stereocenters. The maximum Gasteiger partial charge on any atom is 0.271 e. The molecule has 0 unspecified atom stereocenters. The Morgan fingerprint density at radius 2 is 2.29 bits per heavy atom. The largest absolute Gasteiger partial charge is 0.462 e. The molecule has 3 aromatic heterocycles. The second-order valence-corrected chi connectivity index (χ2v) is 7.09. The summed E-state index contributed by atoms with van der Waals surface area (Å²) < 4.78 is 7.43. The summed E-state index contributed by atoms with van der Waals surface area (Å²) in [4.78, 5) is 17.9. The third-order valence-corrected chi connectivity index (χ3v) is 5.20. The normalized spacial score (nSPS) is 16.8. The summed E-state index contributed by atoms with van der Waals surface area (Å²) >= 11 is 1.46. The average molecular weight is 343 g/mol. The van der Waals surface area contributed by atoms with Crippen molar-refractivity contribution in [3.05, 3.63) is 40.6 Å². The lowest BCUT2D eigenvalue weighted by Crippen LogP contribution is -2.41. The molecule has 4 heterocycles. The van der Waals surface area contributed by atoms with Gasteiger partial charge in [0.05, 0.1) is 6.26 Å². The molecule has 4 rings (SSSR count). The molecule has 0 aromatic carbocycles. The number of rotatable bonds is 3. The van der Waals surface area contributed by atoms with Crippen molar-refractivity contribution in [2.24, 2.45) is 0 Å². The molecule has 0 radical (unpaired) electrons. The third-order valence-electron chi connectivity index (χ3n) is 4.21. The van der Waals surface area contributed by atoms with Gasteiger partial charge in [-0.3, -0.25) is 4.79 Å². The molecule has 1 N–H and O–H groups in total.